The molecule has 3 aromatic rings. The lowest BCUT2D eigenvalue weighted by atomic mass is 10.0. The molecule has 10 heteroatoms. The molecule has 1 amide bonds. The van der Waals surface area contributed by atoms with E-state index >= 15 is 0 Å². The third-order valence-corrected chi connectivity index (χ3v) is 5.10. The Labute approximate surface area is 157 Å². The summed E-state index contributed by atoms with van der Waals surface area (Å²) in [6, 6.07) is 3.96. The van der Waals surface area contributed by atoms with Crippen LogP contribution in [0.5, 0.6) is 0 Å². The van der Waals surface area contributed by atoms with Crippen molar-refractivity contribution in [3.63, 3.8) is 0 Å². The molecular formula is C18H17F2N5O3. The minimum atomic E-state index is -0.999. The van der Waals surface area contributed by atoms with Crippen LogP contribution < -0.4 is 5.73 Å². The minimum absolute atomic E-state index is 0.136. The number of likely N-dealkylation sites (tertiary alicyclic amines) is 1. The van der Waals surface area contributed by atoms with Crippen LogP contribution in [-0.2, 0) is 6.61 Å². The highest BCUT2D eigenvalue weighted by atomic mass is 19.1. The molecule has 28 heavy (non-hydrogen) atoms. The number of anilines is 1. The molecule has 1 aliphatic rings. The lowest BCUT2D eigenvalue weighted by Crippen LogP contribution is -2.26. The van der Waals surface area contributed by atoms with Crippen LogP contribution >= 0.6 is 0 Å². The molecule has 0 bridgehead atoms. The summed E-state index contributed by atoms with van der Waals surface area (Å²) in [4.78, 5) is 16.5. The average Bonchev–Trinajstić information content (AvgIpc) is 3.27. The minimum Gasteiger partial charge on any atom is -0.465 e. The van der Waals surface area contributed by atoms with E-state index in [-0.39, 0.29) is 23.8 Å². The Morgan fingerprint density at radius 1 is 1.29 bits per heavy atom. The Hall–Kier alpha value is -3.27. The number of aliphatic hydroxyl groups is 1. The van der Waals surface area contributed by atoms with E-state index in [1.807, 2.05) is 0 Å². The highest BCUT2D eigenvalue weighted by Gasteiger charge is 2.30. The fourth-order valence-corrected chi connectivity index (χ4v) is 3.69. The molecule has 8 nitrogen and oxygen atoms in total. The summed E-state index contributed by atoms with van der Waals surface area (Å²) in [5.74, 6) is -1.74. The quantitative estimate of drug-likeness (QED) is 0.632. The van der Waals surface area contributed by atoms with Gasteiger partial charge in [-0.15, -0.1) is 0 Å². The number of nitrogens with zero attached hydrogens (tertiary/aromatic N) is 4. The number of nitrogen functional groups attached to an aromatic ring is 1. The van der Waals surface area contributed by atoms with Crippen LogP contribution in [0.3, 0.4) is 0 Å². The summed E-state index contributed by atoms with van der Waals surface area (Å²) < 4.78 is 30.0. The Bertz CT molecular complexity index is 1060. The summed E-state index contributed by atoms with van der Waals surface area (Å²) in [6.07, 6.45) is 0.866. The number of nitrogens with two attached hydrogens (primary N) is 1. The highest BCUT2D eigenvalue weighted by Crippen LogP contribution is 2.37. The van der Waals surface area contributed by atoms with Crippen LogP contribution in [0.15, 0.2) is 24.5 Å². The zero-order chi connectivity index (χ0) is 20.0. The zero-order valence-electron chi connectivity index (χ0n) is 14.6. The molecule has 1 fully saturated rings. The molecule has 3 heterocycles. The van der Waals surface area contributed by atoms with Gasteiger partial charge in [0.1, 0.15) is 23.5 Å². The van der Waals surface area contributed by atoms with Gasteiger partial charge in [-0.3, -0.25) is 0 Å². The number of carboxylic acid groups (broad SMARTS) is 1. The Kier molecular flexibility index (Phi) is 4.34. The smallest absolute Gasteiger partial charge is 0.407 e. The molecule has 1 saturated heterocycles. The van der Waals surface area contributed by atoms with E-state index in [1.54, 1.807) is 10.6 Å². The number of aromatic nitrogens is 3. The van der Waals surface area contributed by atoms with Crippen LogP contribution in [-0.4, -0.2) is 48.9 Å². The van der Waals surface area contributed by atoms with Gasteiger partial charge in [-0.05, 0) is 30.2 Å². The molecule has 1 aliphatic heterocycles. The molecule has 4 rings (SSSR count). The first-order valence-electron chi connectivity index (χ1n) is 8.59. The number of hydrogen-bond donors (Lipinski definition) is 3. The first-order chi connectivity index (χ1) is 13.4. The second kappa shape index (κ2) is 6.71. The van der Waals surface area contributed by atoms with Crippen molar-refractivity contribution in [2.24, 2.45) is 0 Å². The van der Waals surface area contributed by atoms with E-state index in [0.717, 1.165) is 12.1 Å². The molecule has 1 atom stereocenters. The Morgan fingerprint density at radius 2 is 2.00 bits per heavy atom. The van der Waals surface area contributed by atoms with Crippen LogP contribution in [0, 0.1) is 11.6 Å². The van der Waals surface area contributed by atoms with Crippen molar-refractivity contribution in [2.75, 3.05) is 18.8 Å². The second-order valence-electron chi connectivity index (χ2n) is 6.68. The van der Waals surface area contributed by atoms with Gasteiger partial charge in [0, 0.05) is 35.8 Å². The van der Waals surface area contributed by atoms with Crippen molar-refractivity contribution in [1.82, 2.24) is 19.5 Å². The predicted molar refractivity (Wildman–Crippen MR) is 95.6 cm³/mol. The fourth-order valence-electron chi connectivity index (χ4n) is 3.69. The van der Waals surface area contributed by atoms with Gasteiger partial charge in [-0.1, -0.05) is 0 Å². The maximum absolute atomic E-state index is 14.2. The molecule has 1 aromatic carbocycles. The third kappa shape index (κ3) is 2.82. The van der Waals surface area contributed by atoms with Crippen molar-refractivity contribution in [3.05, 3.63) is 47.4 Å². The Morgan fingerprint density at radius 3 is 2.61 bits per heavy atom. The van der Waals surface area contributed by atoms with Crippen molar-refractivity contribution in [1.29, 1.82) is 0 Å². The van der Waals surface area contributed by atoms with Crippen LogP contribution in [0.1, 0.15) is 23.6 Å². The maximum Gasteiger partial charge on any atom is 0.407 e. The molecule has 0 spiro atoms. The maximum atomic E-state index is 14.2. The zero-order valence-corrected chi connectivity index (χ0v) is 14.6. The van der Waals surface area contributed by atoms with E-state index in [0.29, 0.717) is 29.7 Å². The number of amides is 1. The van der Waals surface area contributed by atoms with Gasteiger partial charge in [-0.25, -0.2) is 23.1 Å². The summed E-state index contributed by atoms with van der Waals surface area (Å²) in [6.45, 7) is -0.0768. The summed E-state index contributed by atoms with van der Waals surface area (Å²) in [7, 11) is 0. The molecule has 0 saturated carbocycles. The van der Waals surface area contributed by atoms with Crippen LogP contribution in [0.4, 0.5) is 19.4 Å². The first kappa shape index (κ1) is 18.1. The van der Waals surface area contributed by atoms with Crippen LogP contribution in [0.2, 0.25) is 0 Å². The average molecular weight is 389 g/mol. The van der Waals surface area contributed by atoms with Gasteiger partial charge in [-0.2, -0.15) is 5.10 Å². The topological polar surface area (TPSA) is 117 Å². The number of carbonyl (C=O) groups is 1. The fraction of sp³-hybridized carbons (Fsp3) is 0.278. The number of aliphatic hydroxyl groups excluding tert-OH is 1. The lowest BCUT2D eigenvalue weighted by molar-refractivity contribution is 0.155. The summed E-state index contributed by atoms with van der Waals surface area (Å²) >= 11 is 0. The molecule has 146 valence electrons. The van der Waals surface area contributed by atoms with Gasteiger partial charge in [0.25, 0.3) is 0 Å². The normalized spacial score (nSPS) is 16.8. The Balaban J connectivity index is 1.88. The summed E-state index contributed by atoms with van der Waals surface area (Å²) in [5.41, 5.74) is 7.34. The predicted octanol–water partition coefficient (Wildman–Crippen LogP) is 2.22. The van der Waals surface area contributed by atoms with E-state index in [4.69, 9.17) is 10.8 Å². The number of rotatable bonds is 3. The number of halogens is 2. The number of benzene rings is 1. The van der Waals surface area contributed by atoms with Crippen molar-refractivity contribution >= 4 is 17.4 Å². The van der Waals surface area contributed by atoms with Crippen molar-refractivity contribution < 1.29 is 23.8 Å². The van der Waals surface area contributed by atoms with Gasteiger partial charge in [0.05, 0.1) is 6.61 Å². The molecule has 4 N–H and O–H groups in total. The van der Waals surface area contributed by atoms with Gasteiger partial charge >= 0.3 is 6.09 Å². The lowest BCUT2D eigenvalue weighted by Gasteiger charge is -2.12. The molecule has 0 aliphatic carbocycles. The molecular weight excluding hydrogens is 372 g/mol. The summed E-state index contributed by atoms with van der Waals surface area (Å²) in [5, 5.41) is 22.5. The number of fused-ring (bicyclic) bond motifs is 1. The first-order valence-corrected chi connectivity index (χ1v) is 8.59. The van der Waals surface area contributed by atoms with E-state index in [9.17, 15) is 18.7 Å². The van der Waals surface area contributed by atoms with Gasteiger partial charge < -0.3 is 20.8 Å². The standard InChI is InChI=1S/C18H17F2N5O3/c19-13-3-10(4-14(20)12(13)7-26)11-5-15(9-1-2-24(6-9)18(27)28)25-16(11)17(21)22-8-23-25/h3-5,8-9,26H,1-2,6-7H2,(H,27,28)(H2,21,22,23). The second-order valence-corrected chi connectivity index (χ2v) is 6.68. The number of hydrogen-bond acceptors (Lipinski definition) is 5. The SMILES string of the molecule is Nc1ncnn2c(C3CCN(C(=O)O)C3)cc(-c3cc(F)c(CO)c(F)c3)c12. The third-order valence-electron chi connectivity index (χ3n) is 5.10. The van der Waals surface area contributed by atoms with Crippen molar-refractivity contribution in [3.8, 4) is 11.1 Å². The van der Waals surface area contributed by atoms with E-state index in [2.05, 4.69) is 10.1 Å². The molecule has 1 unspecified atom stereocenters. The van der Waals surface area contributed by atoms with Crippen LogP contribution in [0.25, 0.3) is 16.6 Å². The van der Waals surface area contributed by atoms with E-state index in [1.165, 1.54) is 11.2 Å². The highest BCUT2D eigenvalue weighted by molar-refractivity contribution is 5.88. The monoisotopic (exact) mass is 389 g/mol. The van der Waals surface area contributed by atoms with Gasteiger partial charge in [0.2, 0.25) is 0 Å². The molecule has 0 radical (unpaired) electrons. The largest absolute Gasteiger partial charge is 0.465 e. The van der Waals surface area contributed by atoms with Gasteiger partial charge in [0.15, 0.2) is 5.82 Å². The van der Waals surface area contributed by atoms with E-state index < -0.39 is 29.9 Å². The van der Waals surface area contributed by atoms with Crippen molar-refractivity contribution in [2.45, 2.75) is 18.9 Å². The molecule has 2 aromatic heterocycles.